The third-order valence-corrected chi connectivity index (χ3v) is 5.15. The molecule has 5 heteroatoms. The minimum atomic E-state index is -4.25. The normalized spacial score (nSPS) is 25.7. The van der Waals surface area contributed by atoms with Crippen molar-refractivity contribution in [1.82, 2.24) is 0 Å². The van der Waals surface area contributed by atoms with Gasteiger partial charge in [0.25, 0.3) is 0 Å². The van der Waals surface area contributed by atoms with E-state index in [1.165, 1.54) is 0 Å². The van der Waals surface area contributed by atoms with Gasteiger partial charge >= 0.3 is 6.18 Å². The molecular formula is C19H16F3NO. The molecule has 1 aliphatic heterocycles. The lowest BCUT2D eigenvalue weighted by atomic mass is 9.59. The van der Waals surface area contributed by atoms with Gasteiger partial charge < -0.3 is 4.90 Å². The van der Waals surface area contributed by atoms with Gasteiger partial charge in [-0.2, -0.15) is 13.2 Å². The van der Waals surface area contributed by atoms with E-state index in [2.05, 4.69) is 0 Å². The Morgan fingerprint density at radius 1 is 1.00 bits per heavy atom. The molecule has 0 aromatic heterocycles. The van der Waals surface area contributed by atoms with Gasteiger partial charge in [-0.1, -0.05) is 48.5 Å². The maximum Gasteiger partial charge on any atom is 0.392 e. The summed E-state index contributed by atoms with van der Waals surface area (Å²) in [7, 11) is 0. The minimum absolute atomic E-state index is 0.105. The number of hydrogen-bond donors (Lipinski definition) is 0. The summed E-state index contributed by atoms with van der Waals surface area (Å²) in [6, 6.07) is 16.5. The van der Waals surface area contributed by atoms with Crippen molar-refractivity contribution in [2.45, 2.75) is 25.1 Å². The summed E-state index contributed by atoms with van der Waals surface area (Å²) in [6.45, 7) is 0.386. The minimum Gasteiger partial charge on any atom is -0.307 e. The van der Waals surface area contributed by atoms with Crippen LogP contribution in [0.15, 0.2) is 54.6 Å². The Balaban J connectivity index is 1.73. The van der Waals surface area contributed by atoms with Gasteiger partial charge in [-0.05, 0) is 23.6 Å². The fourth-order valence-corrected chi connectivity index (χ4v) is 3.94. The molecular weight excluding hydrogens is 315 g/mol. The number of carbonyl (C=O) groups is 1. The zero-order valence-electron chi connectivity index (χ0n) is 12.8. The maximum atomic E-state index is 13.2. The van der Waals surface area contributed by atoms with Gasteiger partial charge in [0.1, 0.15) is 0 Å². The van der Waals surface area contributed by atoms with Crippen LogP contribution in [0.5, 0.6) is 0 Å². The molecule has 2 aliphatic rings. The number of para-hydroxylation sites is 1. The van der Waals surface area contributed by atoms with Crippen molar-refractivity contribution < 1.29 is 18.0 Å². The number of halogens is 3. The standard InChI is InChI=1S/C19H16F3NO/c20-19(21,22)15-10-14-17(15)13-8-4-5-9-16(13)23(18(14)24)11-12-6-2-1-3-7-12/h1-9,14-15,17H,10-11H2/t14-,15+,17-/m1/s1. The highest BCUT2D eigenvalue weighted by molar-refractivity contribution is 5.99. The van der Waals surface area contributed by atoms with Crippen LogP contribution >= 0.6 is 0 Å². The fourth-order valence-electron chi connectivity index (χ4n) is 3.94. The lowest BCUT2D eigenvalue weighted by Gasteiger charge is -2.50. The first kappa shape index (κ1) is 15.2. The first-order valence-corrected chi connectivity index (χ1v) is 7.98. The van der Waals surface area contributed by atoms with Crippen molar-refractivity contribution in [1.29, 1.82) is 0 Å². The van der Waals surface area contributed by atoms with Crippen LogP contribution < -0.4 is 4.90 Å². The van der Waals surface area contributed by atoms with Gasteiger partial charge in [-0.25, -0.2) is 0 Å². The van der Waals surface area contributed by atoms with Crippen molar-refractivity contribution in [3.63, 3.8) is 0 Å². The second-order valence-electron chi connectivity index (χ2n) is 6.48. The smallest absolute Gasteiger partial charge is 0.307 e. The molecule has 2 aromatic carbocycles. The molecule has 0 unspecified atom stereocenters. The number of carbonyl (C=O) groups excluding carboxylic acids is 1. The van der Waals surface area contributed by atoms with E-state index in [9.17, 15) is 18.0 Å². The van der Waals surface area contributed by atoms with Crippen LogP contribution in [-0.4, -0.2) is 12.1 Å². The van der Waals surface area contributed by atoms with E-state index in [1.54, 1.807) is 29.2 Å². The van der Waals surface area contributed by atoms with E-state index in [1.807, 2.05) is 30.3 Å². The average Bonchev–Trinajstić information content (AvgIpc) is 2.51. The molecule has 0 N–H and O–H groups in total. The summed E-state index contributed by atoms with van der Waals surface area (Å²) < 4.78 is 39.6. The second kappa shape index (κ2) is 5.36. The summed E-state index contributed by atoms with van der Waals surface area (Å²) in [6.07, 6.45) is -4.36. The molecule has 24 heavy (non-hydrogen) atoms. The Labute approximate surface area is 137 Å². The van der Waals surface area contributed by atoms with Gasteiger partial charge in [-0.15, -0.1) is 0 Å². The summed E-state index contributed by atoms with van der Waals surface area (Å²) in [5.41, 5.74) is 2.22. The van der Waals surface area contributed by atoms with E-state index in [0.29, 0.717) is 17.8 Å². The molecule has 4 rings (SSSR count). The van der Waals surface area contributed by atoms with Crippen LogP contribution in [0.25, 0.3) is 0 Å². The van der Waals surface area contributed by atoms with Crippen molar-refractivity contribution in [3.8, 4) is 0 Å². The summed E-state index contributed by atoms with van der Waals surface area (Å²) in [5, 5.41) is 0. The number of nitrogens with zero attached hydrogens (tertiary/aromatic N) is 1. The van der Waals surface area contributed by atoms with Crippen LogP contribution in [0.2, 0.25) is 0 Å². The summed E-state index contributed by atoms with van der Waals surface area (Å²) >= 11 is 0. The first-order chi connectivity index (χ1) is 11.5. The van der Waals surface area contributed by atoms with Gasteiger partial charge in [-0.3, -0.25) is 4.79 Å². The lowest BCUT2D eigenvalue weighted by molar-refractivity contribution is -0.213. The van der Waals surface area contributed by atoms with Crippen LogP contribution in [0, 0.1) is 11.8 Å². The van der Waals surface area contributed by atoms with Crippen LogP contribution in [0.4, 0.5) is 18.9 Å². The molecule has 1 saturated carbocycles. The van der Waals surface area contributed by atoms with Crippen LogP contribution in [0.1, 0.15) is 23.5 Å². The second-order valence-corrected chi connectivity index (χ2v) is 6.48. The monoisotopic (exact) mass is 331 g/mol. The highest BCUT2D eigenvalue weighted by Crippen LogP contribution is 2.59. The Morgan fingerprint density at radius 3 is 2.38 bits per heavy atom. The predicted molar refractivity (Wildman–Crippen MR) is 84.5 cm³/mol. The molecule has 1 heterocycles. The zero-order chi connectivity index (χ0) is 16.9. The number of alkyl halides is 3. The molecule has 0 saturated heterocycles. The lowest BCUT2D eigenvalue weighted by Crippen LogP contribution is -2.54. The van der Waals surface area contributed by atoms with E-state index < -0.39 is 23.9 Å². The summed E-state index contributed by atoms with van der Waals surface area (Å²) in [4.78, 5) is 14.4. The van der Waals surface area contributed by atoms with E-state index in [0.717, 1.165) is 5.56 Å². The third kappa shape index (κ3) is 2.30. The van der Waals surface area contributed by atoms with E-state index in [4.69, 9.17) is 0 Å². The van der Waals surface area contributed by atoms with Gasteiger partial charge in [0.05, 0.1) is 12.5 Å². The van der Waals surface area contributed by atoms with Crippen molar-refractivity contribution >= 4 is 11.6 Å². The van der Waals surface area contributed by atoms with Gasteiger partial charge in [0.2, 0.25) is 5.91 Å². The number of anilines is 1. The largest absolute Gasteiger partial charge is 0.392 e. The van der Waals surface area contributed by atoms with Crippen LogP contribution in [-0.2, 0) is 11.3 Å². The number of amides is 1. The van der Waals surface area contributed by atoms with E-state index >= 15 is 0 Å². The Hall–Kier alpha value is -2.30. The molecule has 124 valence electrons. The zero-order valence-corrected chi connectivity index (χ0v) is 12.8. The molecule has 2 nitrogen and oxygen atoms in total. The predicted octanol–water partition coefficient (Wildman–Crippen LogP) is 4.52. The van der Waals surface area contributed by atoms with Crippen molar-refractivity contribution in [2.75, 3.05) is 4.90 Å². The Bertz CT molecular complexity index is 772. The molecule has 0 radical (unpaired) electrons. The van der Waals surface area contributed by atoms with Crippen molar-refractivity contribution in [3.05, 3.63) is 65.7 Å². The van der Waals surface area contributed by atoms with E-state index in [-0.39, 0.29) is 12.3 Å². The quantitative estimate of drug-likeness (QED) is 0.792. The molecule has 1 amide bonds. The molecule has 2 aromatic rings. The average molecular weight is 331 g/mol. The third-order valence-electron chi connectivity index (χ3n) is 5.15. The molecule has 3 atom stereocenters. The molecule has 1 aliphatic carbocycles. The highest BCUT2D eigenvalue weighted by Gasteiger charge is 2.60. The highest BCUT2D eigenvalue weighted by atomic mass is 19.4. The number of fused-ring (bicyclic) bond motifs is 3. The number of hydrogen-bond acceptors (Lipinski definition) is 1. The first-order valence-electron chi connectivity index (χ1n) is 7.98. The molecule has 0 bridgehead atoms. The molecule has 1 fully saturated rings. The van der Waals surface area contributed by atoms with Gasteiger partial charge in [0.15, 0.2) is 0 Å². The molecule has 0 spiro atoms. The topological polar surface area (TPSA) is 20.3 Å². The SMILES string of the molecule is O=C1[C@@H]2C[C@H](C(F)(F)F)[C@@H]2c2ccccc2N1Cc1ccccc1. The number of rotatable bonds is 2. The Morgan fingerprint density at radius 2 is 1.67 bits per heavy atom. The summed E-state index contributed by atoms with van der Waals surface area (Å²) in [5.74, 6) is -2.90. The van der Waals surface area contributed by atoms with Crippen molar-refractivity contribution in [2.24, 2.45) is 11.8 Å². The van der Waals surface area contributed by atoms with Gasteiger partial charge in [0, 0.05) is 17.5 Å². The fraction of sp³-hybridized carbons (Fsp3) is 0.316. The number of benzene rings is 2. The Kier molecular flexibility index (Phi) is 3.41. The van der Waals surface area contributed by atoms with Crippen LogP contribution in [0.3, 0.4) is 0 Å². The maximum absolute atomic E-state index is 13.2.